The van der Waals surface area contributed by atoms with Gasteiger partial charge in [-0.25, -0.2) is 9.97 Å². The SMILES string of the molecule is CCCc1cc(OC2CCNCC2)c2nc(Nc3ccc4cn[nH]c4c3)ncc2c1. The van der Waals surface area contributed by atoms with Crippen molar-refractivity contribution in [3.63, 3.8) is 0 Å². The first-order valence-corrected chi connectivity index (χ1v) is 10.7. The van der Waals surface area contributed by atoms with E-state index in [0.717, 1.165) is 72.0 Å². The average Bonchev–Trinajstić information content (AvgIpc) is 3.23. The molecule has 0 unspecified atom stereocenters. The maximum Gasteiger partial charge on any atom is 0.227 e. The van der Waals surface area contributed by atoms with Crippen LogP contribution >= 0.6 is 0 Å². The number of anilines is 2. The Morgan fingerprint density at radius 1 is 1.10 bits per heavy atom. The molecule has 1 saturated heterocycles. The summed E-state index contributed by atoms with van der Waals surface area (Å²) in [6.45, 7) is 4.18. The molecule has 2 aromatic heterocycles. The Hall–Kier alpha value is -3.19. The Morgan fingerprint density at radius 3 is 2.87 bits per heavy atom. The van der Waals surface area contributed by atoms with Crippen LogP contribution in [0.3, 0.4) is 0 Å². The second-order valence-electron chi connectivity index (χ2n) is 7.84. The number of benzene rings is 2. The summed E-state index contributed by atoms with van der Waals surface area (Å²) in [7, 11) is 0. The summed E-state index contributed by atoms with van der Waals surface area (Å²) in [5.41, 5.74) is 4.01. The minimum absolute atomic E-state index is 0.223. The van der Waals surface area contributed by atoms with Crippen LogP contribution in [0.25, 0.3) is 21.8 Å². The minimum atomic E-state index is 0.223. The van der Waals surface area contributed by atoms with Crippen molar-refractivity contribution in [2.75, 3.05) is 18.4 Å². The van der Waals surface area contributed by atoms with Crippen LogP contribution in [-0.2, 0) is 6.42 Å². The van der Waals surface area contributed by atoms with Gasteiger partial charge >= 0.3 is 0 Å². The average molecular weight is 403 g/mol. The fourth-order valence-electron chi connectivity index (χ4n) is 3.99. The fourth-order valence-corrected chi connectivity index (χ4v) is 3.99. The number of nitrogens with zero attached hydrogens (tertiary/aromatic N) is 3. The number of aryl methyl sites for hydroxylation is 1. The molecule has 0 atom stereocenters. The molecule has 0 saturated carbocycles. The molecular weight excluding hydrogens is 376 g/mol. The number of hydrogen-bond acceptors (Lipinski definition) is 6. The van der Waals surface area contributed by atoms with Crippen molar-refractivity contribution in [3.05, 3.63) is 48.3 Å². The number of rotatable bonds is 6. The highest BCUT2D eigenvalue weighted by atomic mass is 16.5. The zero-order valence-electron chi connectivity index (χ0n) is 17.1. The molecule has 5 rings (SSSR count). The van der Waals surface area contributed by atoms with E-state index in [1.807, 2.05) is 30.6 Å². The van der Waals surface area contributed by atoms with Crippen molar-refractivity contribution in [2.24, 2.45) is 0 Å². The van der Waals surface area contributed by atoms with Crippen molar-refractivity contribution in [2.45, 2.75) is 38.7 Å². The van der Waals surface area contributed by atoms with E-state index in [-0.39, 0.29) is 6.10 Å². The lowest BCUT2D eigenvalue weighted by Crippen LogP contribution is -2.34. The number of nitrogens with one attached hydrogen (secondary N) is 3. The molecule has 0 amide bonds. The maximum atomic E-state index is 6.44. The third-order valence-electron chi connectivity index (χ3n) is 5.52. The van der Waals surface area contributed by atoms with Gasteiger partial charge in [-0.15, -0.1) is 0 Å². The molecule has 3 N–H and O–H groups in total. The van der Waals surface area contributed by atoms with Crippen molar-refractivity contribution in [1.82, 2.24) is 25.5 Å². The monoisotopic (exact) mass is 402 g/mol. The first kappa shape index (κ1) is 18.8. The highest BCUT2D eigenvalue weighted by molar-refractivity contribution is 5.86. The van der Waals surface area contributed by atoms with Gasteiger partial charge in [0.25, 0.3) is 0 Å². The fraction of sp³-hybridized carbons (Fsp3) is 0.348. The predicted molar refractivity (Wildman–Crippen MR) is 119 cm³/mol. The highest BCUT2D eigenvalue weighted by Gasteiger charge is 2.17. The number of H-pyrrole nitrogens is 1. The Balaban J connectivity index is 1.49. The number of hydrogen-bond donors (Lipinski definition) is 3. The number of aromatic nitrogens is 4. The zero-order valence-corrected chi connectivity index (χ0v) is 17.1. The molecule has 1 aliphatic rings. The Morgan fingerprint density at radius 2 is 2.00 bits per heavy atom. The molecule has 2 aromatic carbocycles. The molecule has 0 aliphatic carbocycles. The van der Waals surface area contributed by atoms with Gasteiger partial charge in [0.15, 0.2) is 0 Å². The standard InChI is InChI=1S/C23H26N6O/c1-2-3-15-10-17-13-25-23(27-18-5-4-16-14-26-29-20(16)12-18)28-22(17)21(11-15)30-19-6-8-24-9-7-19/h4-5,10-14,19,24H,2-3,6-9H2,1H3,(H,26,29)(H,25,27,28). The third-order valence-corrected chi connectivity index (χ3v) is 5.52. The van der Waals surface area contributed by atoms with Gasteiger partial charge in [-0.2, -0.15) is 5.10 Å². The summed E-state index contributed by atoms with van der Waals surface area (Å²) in [5.74, 6) is 1.41. The van der Waals surface area contributed by atoms with E-state index in [9.17, 15) is 0 Å². The number of piperidine rings is 1. The lowest BCUT2D eigenvalue weighted by atomic mass is 10.1. The van der Waals surface area contributed by atoms with Gasteiger partial charge in [0.1, 0.15) is 17.4 Å². The zero-order chi connectivity index (χ0) is 20.3. The summed E-state index contributed by atoms with van der Waals surface area (Å²) < 4.78 is 6.44. The van der Waals surface area contributed by atoms with Crippen molar-refractivity contribution >= 4 is 33.4 Å². The summed E-state index contributed by atoms with van der Waals surface area (Å²) >= 11 is 0. The molecule has 7 heteroatoms. The molecule has 4 aromatic rings. The van der Waals surface area contributed by atoms with Crippen molar-refractivity contribution in [3.8, 4) is 5.75 Å². The molecule has 0 bridgehead atoms. The molecule has 1 aliphatic heterocycles. The molecule has 154 valence electrons. The van der Waals surface area contributed by atoms with Gasteiger partial charge in [-0.3, -0.25) is 5.10 Å². The quantitative estimate of drug-likeness (QED) is 0.445. The molecule has 1 fully saturated rings. The summed E-state index contributed by atoms with van der Waals surface area (Å²) in [6, 6.07) is 10.4. The van der Waals surface area contributed by atoms with Crippen LogP contribution in [0, 0.1) is 0 Å². The number of aromatic amines is 1. The van der Waals surface area contributed by atoms with Crippen LogP contribution in [0.2, 0.25) is 0 Å². The maximum absolute atomic E-state index is 6.44. The van der Waals surface area contributed by atoms with E-state index >= 15 is 0 Å². The third kappa shape index (κ3) is 3.93. The second-order valence-corrected chi connectivity index (χ2v) is 7.84. The smallest absolute Gasteiger partial charge is 0.227 e. The second kappa shape index (κ2) is 8.28. The molecule has 30 heavy (non-hydrogen) atoms. The van der Waals surface area contributed by atoms with Gasteiger partial charge in [-0.05, 0) is 68.2 Å². The van der Waals surface area contributed by atoms with E-state index in [1.165, 1.54) is 5.56 Å². The Kier molecular flexibility index (Phi) is 5.19. The number of fused-ring (bicyclic) bond motifs is 2. The largest absolute Gasteiger partial charge is 0.488 e. The van der Waals surface area contributed by atoms with Crippen molar-refractivity contribution < 1.29 is 4.74 Å². The van der Waals surface area contributed by atoms with Gasteiger partial charge in [0.2, 0.25) is 5.95 Å². The van der Waals surface area contributed by atoms with Crippen LogP contribution in [0.1, 0.15) is 31.7 Å². The minimum Gasteiger partial charge on any atom is -0.488 e. The first-order chi connectivity index (χ1) is 14.8. The molecule has 3 heterocycles. The number of ether oxygens (including phenoxy) is 1. The van der Waals surface area contributed by atoms with E-state index in [4.69, 9.17) is 9.72 Å². The molecule has 0 radical (unpaired) electrons. The Bertz CT molecular complexity index is 1170. The highest BCUT2D eigenvalue weighted by Crippen LogP contribution is 2.30. The van der Waals surface area contributed by atoms with E-state index < -0.39 is 0 Å². The topological polar surface area (TPSA) is 87.8 Å². The Labute approximate surface area is 175 Å². The van der Waals surface area contributed by atoms with Gasteiger partial charge in [0, 0.05) is 22.7 Å². The van der Waals surface area contributed by atoms with E-state index in [1.54, 1.807) is 0 Å². The summed E-state index contributed by atoms with van der Waals surface area (Å²) in [6.07, 6.45) is 8.05. The lowest BCUT2D eigenvalue weighted by Gasteiger charge is -2.24. The van der Waals surface area contributed by atoms with E-state index in [2.05, 4.69) is 44.9 Å². The van der Waals surface area contributed by atoms with Crippen molar-refractivity contribution in [1.29, 1.82) is 0 Å². The van der Waals surface area contributed by atoms with Gasteiger partial charge in [-0.1, -0.05) is 13.3 Å². The van der Waals surface area contributed by atoms with Gasteiger partial charge < -0.3 is 15.4 Å². The summed E-state index contributed by atoms with van der Waals surface area (Å²) in [4.78, 5) is 9.36. The van der Waals surface area contributed by atoms with Gasteiger partial charge in [0.05, 0.1) is 11.7 Å². The van der Waals surface area contributed by atoms with Crippen LogP contribution in [0.4, 0.5) is 11.6 Å². The lowest BCUT2D eigenvalue weighted by molar-refractivity contribution is 0.164. The van der Waals surface area contributed by atoms with E-state index in [0.29, 0.717) is 5.95 Å². The van der Waals surface area contributed by atoms with Crippen LogP contribution in [0.5, 0.6) is 5.75 Å². The first-order valence-electron chi connectivity index (χ1n) is 10.7. The molecule has 0 spiro atoms. The molecule has 7 nitrogen and oxygen atoms in total. The normalized spacial score (nSPS) is 15.0. The van der Waals surface area contributed by atoms with Crippen LogP contribution < -0.4 is 15.4 Å². The predicted octanol–water partition coefficient (Wildman–Crippen LogP) is 4.33. The van der Waals surface area contributed by atoms with Crippen LogP contribution in [-0.4, -0.2) is 39.4 Å². The summed E-state index contributed by atoms with van der Waals surface area (Å²) in [5, 5.41) is 15.9. The molecular formula is C23H26N6O. The van der Waals surface area contributed by atoms with Crippen LogP contribution in [0.15, 0.2) is 42.7 Å².